The molecule has 0 bridgehead atoms. The normalized spacial score (nSPS) is 22.2. The van der Waals surface area contributed by atoms with Gasteiger partial charge in [0.15, 0.2) is 12.4 Å². The van der Waals surface area contributed by atoms with E-state index >= 15 is 0 Å². The van der Waals surface area contributed by atoms with Crippen LogP contribution in [-0.2, 0) is 28.5 Å². The highest BCUT2D eigenvalue weighted by molar-refractivity contribution is 5.70. The Hall–Kier alpha value is -3.38. The van der Waals surface area contributed by atoms with E-state index in [9.17, 15) is 30.0 Å². The van der Waals surface area contributed by atoms with Gasteiger partial charge in [-0.3, -0.25) is 9.59 Å². The van der Waals surface area contributed by atoms with Crippen molar-refractivity contribution in [3.63, 3.8) is 0 Å². The molecule has 292 valence electrons. The zero-order chi connectivity index (χ0) is 38.1. The lowest BCUT2D eigenvalue weighted by Crippen LogP contribution is -2.59. The van der Waals surface area contributed by atoms with E-state index in [4.69, 9.17) is 18.9 Å². The number of carbonyl (C=O) groups is 2. The van der Waals surface area contributed by atoms with Gasteiger partial charge in [-0.25, -0.2) is 0 Å². The van der Waals surface area contributed by atoms with E-state index in [-0.39, 0.29) is 26.1 Å². The standard InChI is InChI=1S/C42H64O10/c1-3-5-7-9-11-13-15-17-19-20-22-24-26-28-30-37(44)49-33-35(34-50-42-41(48)40(47)39(46)36(32-43)52-42)51-38(45)31-29-27-25-23-21-18-16-14-12-10-8-6-4-2/h5-8,10-14,16-19,21,23,25,35-36,39-43,46-48H,3-4,9,15,20,22,24,26-34H2,1-2H3/b7-5+,8-6+,12-10+,13-11+,16-14+,19-17+,21-18+,25-23+/t35?,36-,39+,40?,41?,42-/m0/s1. The first-order valence-electron chi connectivity index (χ1n) is 18.9. The Balaban J connectivity index is 2.49. The summed E-state index contributed by atoms with van der Waals surface area (Å²) >= 11 is 0. The molecule has 1 heterocycles. The van der Waals surface area contributed by atoms with Gasteiger partial charge >= 0.3 is 11.9 Å². The van der Waals surface area contributed by atoms with E-state index in [1.807, 2.05) is 54.7 Å². The van der Waals surface area contributed by atoms with Gasteiger partial charge in [0.2, 0.25) is 0 Å². The molecule has 1 rings (SSSR count). The number of ether oxygens (including phenoxy) is 4. The molecule has 0 saturated carbocycles. The highest BCUT2D eigenvalue weighted by Crippen LogP contribution is 2.22. The maximum Gasteiger partial charge on any atom is 0.306 e. The van der Waals surface area contributed by atoms with E-state index in [0.29, 0.717) is 19.3 Å². The van der Waals surface area contributed by atoms with Crippen molar-refractivity contribution in [1.82, 2.24) is 0 Å². The first kappa shape index (κ1) is 46.6. The van der Waals surface area contributed by atoms with Crippen molar-refractivity contribution >= 4 is 11.9 Å². The molecule has 1 aliphatic heterocycles. The molecule has 0 spiro atoms. The maximum absolute atomic E-state index is 12.7. The SMILES string of the molecule is CC/C=C/C=C/C=C/C=C/C=C/CCCC(=O)OC(COC(=O)CCCCCC/C=C/C/C=C/C/C=C/CC)CO[C@H]1O[C@@H](CO)[C@@H](O)C(O)C1O. The van der Waals surface area contributed by atoms with Crippen LogP contribution < -0.4 is 0 Å². The van der Waals surface area contributed by atoms with Gasteiger partial charge in [0.25, 0.3) is 0 Å². The fraction of sp³-hybridized carbons (Fsp3) is 0.571. The lowest BCUT2D eigenvalue weighted by atomic mass is 9.99. The minimum Gasteiger partial charge on any atom is -0.462 e. The molecule has 1 fully saturated rings. The van der Waals surface area contributed by atoms with E-state index in [1.165, 1.54) is 0 Å². The van der Waals surface area contributed by atoms with Crippen molar-refractivity contribution in [2.75, 3.05) is 19.8 Å². The second-order valence-corrected chi connectivity index (χ2v) is 12.4. The number of rotatable bonds is 28. The first-order chi connectivity index (χ1) is 25.3. The summed E-state index contributed by atoms with van der Waals surface area (Å²) in [7, 11) is 0. The summed E-state index contributed by atoms with van der Waals surface area (Å²) in [5, 5.41) is 39.9. The second kappa shape index (κ2) is 32.3. The molecular weight excluding hydrogens is 664 g/mol. The number of esters is 2. The molecule has 0 aliphatic carbocycles. The summed E-state index contributed by atoms with van der Waals surface area (Å²) in [6, 6.07) is 0. The fourth-order valence-electron chi connectivity index (χ4n) is 4.88. The fourth-order valence-corrected chi connectivity index (χ4v) is 4.88. The van der Waals surface area contributed by atoms with Crippen LogP contribution in [0.15, 0.2) is 97.2 Å². The van der Waals surface area contributed by atoms with Crippen LogP contribution >= 0.6 is 0 Å². The van der Waals surface area contributed by atoms with Crippen molar-refractivity contribution in [1.29, 1.82) is 0 Å². The Bertz CT molecular complexity index is 1160. The Morgan fingerprint density at radius 1 is 0.615 bits per heavy atom. The summed E-state index contributed by atoms with van der Waals surface area (Å²) in [4.78, 5) is 25.1. The van der Waals surface area contributed by atoms with Gasteiger partial charge in [-0.05, 0) is 57.8 Å². The summed E-state index contributed by atoms with van der Waals surface area (Å²) in [6.45, 7) is 3.02. The molecule has 1 aliphatic rings. The Morgan fingerprint density at radius 3 is 1.87 bits per heavy atom. The number of hydrogen-bond donors (Lipinski definition) is 4. The maximum atomic E-state index is 12.7. The molecule has 10 nitrogen and oxygen atoms in total. The summed E-state index contributed by atoms with van der Waals surface area (Å²) < 4.78 is 21.9. The number of aliphatic hydroxyl groups is 4. The number of hydrogen-bond acceptors (Lipinski definition) is 10. The van der Waals surface area contributed by atoms with Crippen molar-refractivity contribution < 1.29 is 49.0 Å². The van der Waals surface area contributed by atoms with Gasteiger partial charge in [-0.1, -0.05) is 124 Å². The third kappa shape index (κ3) is 24.0. The largest absolute Gasteiger partial charge is 0.462 e. The number of carbonyl (C=O) groups excluding carboxylic acids is 2. The highest BCUT2D eigenvalue weighted by Gasteiger charge is 2.44. The summed E-state index contributed by atoms with van der Waals surface area (Å²) in [5.74, 6) is -0.935. The number of aliphatic hydroxyl groups excluding tert-OH is 4. The van der Waals surface area contributed by atoms with Gasteiger partial charge in [0.05, 0.1) is 13.2 Å². The Kier molecular flexibility index (Phi) is 29.0. The van der Waals surface area contributed by atoms with Gasteiger partial charge in [-0.15, -0.1) is 0 Å². The monoisotopic (exact) mass is 728 g/mol. The van der Waals surface area contributed by atoms with Crippen LogP contribution in [0.25, 0.3) is 0 Å². The predicted molar refractivity (Wildman–Crippen MR) is 205 cm³/mol. The summed E-state index contributed by atoms with van der Waals surface area (Å²) in [5.41, 5.74) is 0. The Morgan fingerprint density at radius 2 is 1.19 bits per heavy atom. The predicted octanol–water partition coefficient (Wildman–Crippen LogP) is 6.82. The van der Waals surface area contributed by atoms with Crippen LogP contribution in [0.4, 0.5) is 0 Å². The minimum atomic E-state index is -1.62. The van der Waals surface area contributed by atoms with Crippen molar-refractivity contribution in [3.8, 4) is 0 Å². The molecule has 52 heavy (non-hydrogen) atoms. The van der Waals surface area contributed by atoms with Crippen LogP contribution in [-0.4, -0.2) is 89.0 Å². The van der Waals surface area contributed by atoms with Crippen molar-refractivity contribution in [2.45, 2.75) is 134 Å². The third-order valence-corrected chi connectivity index (χ3v) is 7.84. The molecule has 0 aromatic carbocycles. The van der Waals surface area contributed by atoms with Crippen molar-refractivity contribution in [2.24, 2.45) is 0 Å². The zero-order valence-electron chi connectivity index (χ0n) is 31.3. The molecule has 10 heteroatoms. The average molecular weight is 729 g/mol. The summed E-state index contributed by atoms with van der Waals surface area (Å²) in [6.07, 6.45) is 34.3. The van der Waals surface area contributed by atoms with E-state index in [1.54, 1.807) is 0 Å². The molecule has 0 aromatic rings. The van der Waals surface area contributed by atoms with E-state index in [2.05, 4.69) is 56.4 Å². The molecule has 0 aromatic heterocycles. The van der Waals surface area contributed by atoms with Gasteiger partial charge in [0.1, 0.15) is 31.0 Å². The highest BCUT2D eigenvalue weighted by atomic mass is 16.7. The van der Waals surface area contributed by atoms with Crippen LogP contribution in [0, 0.1) is 0 Å². The Labute approximate surface area is 311 Å². The first-order valence-corrected chi connectivity index (χ1v) is 18.9. The third-order valence-electron chi connectivity index (χ3n) is 7.84. The minimum absolute atomic E-state index is 0.122. The molecular formula is C42H64O10. The topological polar surface area (TPSA) is 152 Å². The van der Waals surface area contributed by atoms with Gasteiger partial charge < -0.3 is 39.4 Å². The molecule has 0 amide bonds. The molecule has 1 saturated heterocycles. The second-order valence-electron chi connectivity index (χ2n) is 12.4. The quantitative estimate of drug-likeness (QED) is 0.0292. The average Bonchev–Trinajstić information content (AvgIpc) is 3.14. The molecule has 3 unspecified atom stereocenters. The van der Waals surface area contributed by atoms with Gasteiger partial charge in [-0.2, -0.15) is 0 Å². The number of allylic oxidation sites excluding steroid dienone is 16. The molecule has 6 atom stereocenters. The van der Waals surface area contributed by atoms with Crippen LogP contribution in [0.3, 0.4) is 0 Å². The van der Waals surface area contributed by atoms with E-state index in [0.717, 1.165) is 51.4 Å². The van der Waals surface area contributed by atoms with Crippen LogP contribution in [0.5, 0.6) is 0 Å². The lowest BCUT2D eigenvalue weighted by Gasteiger charge is -2.39. The van der Waals surface area contributed by atoms with Crippen molar-refractivity contribution in [3.05, 3.63) is 97.2 Å². The van der Waals surface area contributed by atoms with Crippen LogP contribution in [0.2, 0.25) is 0 Å². The van der Waals surface area contributed by atoms with Gasteiger partial charge in [0, 0.05) is 12.8 Å². The smallest absolute Gasteiger partial charge is 0.306 e. The number of unbranched alkanes of at least 4 members (excludes halogenated alkanes) is 5. The van der Waals surface area contributed by atoms with E-state index < -0.39 is 55.4 Å². The van der Waals surface area contributed by atoms with Crippen LogP contribution in [0.1, 0.15) is 97.3 Å². The lowest BCUT2D eigenvalue weighted by molar-refractivity contribution is -0.305. The molecule has 0 radical (unpaired) electrons. The zero-order valence-corrected chi connectivity index (χ0v) is 31.3. The molecule has 4 N–H and O–H groups in total.